The summed E-state index contributed by atoms with van der Waals surface area (Å²) in [6.07, 6.45) is 2.72. The molecule has 2 aromatic heterocycles. The van der Waals surface area contributed by atoms with Gasteiger partial charge in [0.1, 0.15) is 0 Å². The van der Waals surface area contributed by atoms with Gasteiger partial charge in [-0.25, -0.2) is 4.98 Å². The van der Waals surface area contributed by atoms with Crippen molar-refractivity contribution in [3.05, 3.63) is 23.0 Å². The molecule has 0 radical (unpaired) electrons. The summed E-state index contributed by atoms with van der Waals surface area (Å²) in [5.74, 6) is 0.813. The number of thioether (sulfide) groups is 1. The van der Waals surface area contributed by atoms with Crippen molar-refractivity contribution >= 4 is 28.8 Å². The van der Waals surface area contributed by atoms with Gasteiger partial charge in [0.25, 0.3) is 11.6 Å². The number of aromatic nitrogens is 2. The minimum Gasteiger partial charge on any atom is -0.394 e. The molecule has 0 aromatic carbocycles. The van der Waals surface area contributed by atoms with Crippen LogP contribution in [-0.4, -0.2) is 45.8 Å². The molecule has 2 N–H and O–H groups in total. The molecule has 1 amide bonds. The summed E-state index contributed by atoms with van der Waals surface area (Å²) in [5.41, 5.74) is 2.30. The first-order valence-electron chi connectivity index (χ1n) is 7.65. The lowest BCUT2D eigenvalue weighted by Crippen LogP contribution is -2.38. The number of nitrogens with zero attached hydrogens (tertiary/aromatic N) is 2. The fourth-order valence-corrected chi connectivity index (χ4v) is 2.84. The highest BCUT2D eigenvalue weighted by molar-refractivity contribution is 7.98. The Hall–Kier alpha value is -1.60. The molecule has 7 heteroatoms. The summed E-state index contributed by atoms with van der Waals surface area (Å²) in [6, 6.07) is 1.52. The van der Waals surface area contributed by atoms with Gasteiger partial charge in [-0.05, 0) is 37.3 Å². The molecule has 0 aliphatic carbocycles. The minimum absolute atomic E-state index is 0.0832. The maximum absolute atomic E-state index is 12.7. The van der Waals surface area contributed by atoms with E-state index in [4.69, 9.17) is 4.52 Å². The van der Waals surface area contributed by atoms with E-state index in [-0.39, 0.29) is 24.5 Å². The second-order valence-electron chi connectivity index (χ2n) is 5.83. The Labute approximate surface area is 140 Å². The van der Waals surface area contributed by atoms with Crippen molar-refractivity contribution in [2.24, 2.45) is 0 Å². The zero-order chi connectivity index (χ0) is 17.0. The van der Waals surface area contributed by atoms with Crippen molar-refractivity contribution in [3.63, 3.8) is 0 Å². The van der Waals surface area contributed by atoms with E-state index >= 15 is 0 Å². The van der Waals surface area contributed by atoms with E-state index in [1.165, 1.54) is 0 Å². The van der Waals surface area contributed by atoms with Crippen LogP contribution in [0.1, 0.15) is 47.9 Å². The standard InChI is InChI=1S/C16H23N3O3S/c1-9(2)13-7-12(14-10(3)19-22-16(14)18-13)15(21)17-11(8-20)5-6-23-4/h7,9,11,20H,5-6,8H2,1-4H3,(H,17,21)/t11-/m0/s1. The number of aliphatic hydroxyl groups is 1. The number of rotatable bonds is 7. The van der Waals surface area contributed by atoms with Crippen LogP contribution in [0.4, 0.5) is 0 Å². The Morgan fingerprint density at radius 1 is 1.48 bits per heavy atom. The molecule has 0 spiro atoms. The highest BCUT2D eigenvalue weighted by atomic mass is 32.2. The fourth-order valence-electron chi connectivity index (χ4n) is 2.32. The first-order valence-corrected chi connectivity index (χ1v) is 9.04. The summed E-state index contributed by atoms with van der Waals surface area (Å²) in [4.78, 5) is 17.1. The molecule has 0 bridgehead atoms. The van der Waals surface area contributed by atoms with Gasteiger partial charge in [-0.1, -0.05) is 19.0 Å². The smallest absolute Gasteiger partial charge is 0.259 e. The lowest BCUT2D eigenvalue weighted by atomic mass is 10.0. The molecule has 0 unspecified atom stereocenters. The van der Waals surface area contributed by atoms with Crippen LogP contribution in [0, 0.1) is 6.92 Å². The molecule has 0 saturated heterocycles. The normalized spacial score (nSPS) is 12.8. The predicted molar refractivity (Wildman–Crippen MR) is 92.0 cm³/mol. The molecule has 0 aliphatic rings. The highest BCUT2D eigenvalue weighted by Crippen LogP contribution is 2.25. The first kappa shape index (κ1) is 17.7. The van der Waals surface area contributed by atoms with Gasteiger partial charge in [-0.15, -0.1) is 0 Å². The van der Waals surface area contributed by atoms with Gasteiger partial charge in [0, 0.05) is 5.69 Å². The van der Waals surface area contributed by atoms with Crippen molar-refractivity contribution in [3.8, 4) is 0 Å². The van der Waals surface area contributed by atoms with E-state index in [0.717, 1.165) is 17.9 Å². The second-order valence-corrected chi connectivity index (χ2v) is 6.82. The first-order chi connectivity index (χ1) is 11.0. The lowest BCUT2D eigenvalue weighted by Gasteiger charge is -2.16. The minimum atomic E-state index is -0.263. The van der Waals surface area contributed by atoms with Crippen molar-refractivity contribution in [2.75, 3.05) is 18.6 Å². The molecule has 2 heterocycles. The van der Waals surface area contributed by atoms with Gasteiger partial charge < -0.3 is 14.9 Å². The maximum atomic E-state index is 12.7. The number of carbonyl (C=O) groups is 1. The number of pyridine rings is 1. The van der Waals surface area contributed by atoms with Gasteiger partial charge >= 0.3 is 0 Å². The number of aliphatic hydroxyl groups excluding tert-OH is 1. The van der Waals surface area contributed by atoms with Crippen molar-refractivity contribution in [1.29, 1.82) is 0 Å². The SMILES string of the molecule is CSCC[C@@H](CO)NC(=O)c1cc(C(C)C)nc2onc(C)c12. The van der Waals surface area contributed by atoms with E-state index in [1.54, 1.807) is 24.8 Å². The number of carbonyl (C=O) groups excluding carboxylic acids is 1. The van der Waals surface area contributed by atoms with Crippen molar-refractivity contribution < 1.29 is 14.4 Å². The second kappa shape index (κ2) is 7.79. The summed E-state index contributed by atoms with van der Waals surface area (Å²) < 4.78 is 5.23. The van der Waals surface area contributed by atoms with Gasteiger partial charge in [0.15, 0.2) is 0 Å². The van der Waals surface area contributed by atoms with Crippen LogP contribution in [0.3, 0.4) is 0 Å². The molecule has 1 atom stereocenters. The Bertz CT molecular complexity index is 685. The monoisotopic (exact) mass is 337 g/mol. The van der Waals surface area contributed by atoms with E-state index < -0.39 is 0 Å². The maximum Gasteiger partial charge on any atom is 0.259 e. The molecule has 0 saturated carbocycles. The Balaban J connectivity index is 2.36. The van der Waals surface area contributed by atoms with Gasteiger partial charge in [-0.3, -0.25) is 4.79 Å². The van der Waals surface area contributed by atoms with Crippen molar-refractivity contribution in [1.82, 2.24) is 15.5 Å². The molecular formula is C16H23N3O3S. The van der Waals surface area contributed by atoms with Gasteiger partial charge in [0.2, 0.25) is 0 Å². The number of fused-ring (bicyclic) bond motifs is 1. The molecule has 23 heavy (non-hydrogen) atoms. The third-order valence-corrected chi connectivity index (χ3v) is 4.34. The summed E-state index contributed by atoms with van der Waals surface area (Å²) in [6.45, 7) is 5.72. The lowest BCUT2D eigenvalue weighted by molar-refractivity contribution is 0.0917. The zero-order valence-electron chi connectivity index (χ0n) is 13.9. The number of hydrogen-bond donors (Lipinski definition) is 2. The molecule has 6 nitrogen and oxygen atoms in total. The molecular weight excluding hydrogens is 314 g/mol. The number of aryl methyl sites for hydroxylation is 1. The third-order valence-electron chi connectivity index (χ3n) is 3.70. The van der Waals surface area contributed by atoms with Crippen LogP contribution in [0.25, 0.3) is 11.1 Å². The predicted octanol–water partition coefficient (Wildman–Crippen LogP) is 2.50. The largest absolute Gasteiger partial charge is 0.394 e. The summed E-state index contributed by atoms with van der Waals surface area (Å²) in [5, 5.41) is 16.9. The van der Waals surface area contributed by atoms with Gasteiger partial charge in [0.05, 0.1) is 29.3 Å². The topological polar surface area (TPSA) is 88.2 Å². The summed E-state index contributed by atoms with van der Waals surface area (Å²) >= 11 is 1.68. The molecule has 2 rings (SSSR count). The zero-order valence-corrected chi connectivity index (χ0v) is 14.7. The van der Waals surface area contributed by atoms with E-state index in [9.17, 15) is 9.90 Å². The van der Waals surface area contributed by atoms with E-state index in [0.29, 0.717) is 22.4 Å². The number of nitrogens with one attached hydrogen (secondary N) is 1. The molecule has 2 aromatic rings. The van der Waals surface area contributed by atoms with Crippen LogP contribution in [0.5, 0.6) is 0 Å². The van der Waals surface area contributed by atoms with Crippen LogP contribution >= 0.6 is 11.8 Å². The Morgan fingerprint density at radius 2 is 2.22 bits per heavy atom. The van der Waals surface area contributed by atoms with E-state index in [2.05, 4.69) is 15.5 Å². The van der Waals surface area contributed by atoms with Gasteiger partial charge in [-0.2, -0.15) is 11.8 Å². The Kier molecular flexibility index (Phi) is 6.01. The van der Waals surface area contributed by atoms with Crippen LogP contribution in [0.2, 0.25) is 0 Å². The Morgan fingerprint density at radius 3 is 2.83 bits per heavy atom. The molecule has 126 valence electrons. The fraction of sp³-hybridized carbons (Fsp3) is 0.562. The molecule has 0 fully saturated rings. The van der Waals surface area contributed by atoms with Crippen LogP contribution in [0.15, 0.2) is 10.6 Å². The quantitative estimate of drug-likeness (QED) is 0.807. The average Bonchev–Trinajstić information content (AvgIpc) is 2.91. The highest BCUT2D eigenvalue weighted by Gasteiger charge is 2.21. The summed E-state index contributed by atoms with van der Waals surface area (Å²) in [7, 11) is 0. The average molecular weight is 337 g/mol. The van der Waals surface area contributed by atoms with Crippen LogP contribution in [-0.2, 0) is 0 Å². The van der Waals surface area contributed by atoms with Crippen molar-refractivity contribution in [2.45, 2.75) is 39.2 Å². The third kappa shape index (κ3) is 4.03. The molecule has 0 aliphatic heterocycles. The number of hydrogen-bond acceptors (Lipinski definition) is 6. The van der Waals surface area contributed by atoms with Crippen LogP contribution < -0.4 is 5.32 Å². The number of amides is 1. The van der Waals surface area contributed by atoms with E-state index in [1.807, 2.05) is 20.1 Å².